The number of imide groups is 2. The zero-order chi connectivity index (χ0) is 46.1. The fourth-order valence-corrected chi connectivity index (χ4v) is 12.8. The Morgan fingerprint density at radius 3 is 2.30 bits per heavy atom. The summed E-state index contributed by atoms with van der Waals surface area (Å²) in [6, 6.07) is 24.1. The van der Waals surface area contributed by atoms with Crippen LogP contribution in [0.1, 0.15) is 76.4 Å². The number of fused-ring (bicyclic) bond motifs is 4. The summed E-state index contributed by atoms with van der Waals surface area (Å²) < 4.78 is 29.7. The highest BCUT2D eigenvalue weighted by Gasteiger charge is 2.49. The van der Waals surface area contributed by atoms with Crippen LogP contribution >= 0.6 is 11.8 Å². The Hall–Kier alpha value is -5.43. The lowest BCUT2D eigenvalue weighted by Gasteiger charge is -2.39. The molecule has 4 N–H and O–H groups in total. The lowest BCUT2D eigenvalue weighted by molar-refractivity contribution is -0.136. The summed E-state index contributed by atoms with van der Waals surface area (Å²) >= 11 is 1.53. The summed E-state index contributed by atoms with van der Waals surface area (Å²) in [7, 11) is -3.80. The average Bonchev–Trinajstić information content (AvgIpc) is 3.88. The van der Waals surface area contributed by atoms with Crippen LogP contribution in [-0.2, 0) is 24.4 Å². The highest BCUT2D eigenvalue weighted by Crippen LogP contribution is 2.49. The van der Waals surface area contributed by atoms with Crippen LogP contribution in [0.4, 0.5) is 11.4 Å². The number of hydrogen-bond donors (Lipinski definition) is 4. The number of nitrogens with zero attached hydrogens (tertiary/aromatic N) is 4. The predicted octanol–water partition coefficient (Wildman–Crippen LogP) is 5.12. The maximum Gasteiger partial charge on any atom is 0.263 e. The number of sulfonamides is 1. The molecule has 15 nitrogen and oxygen atoms in total. The molecule has 5 aliphatic heterocycles. The molecular formula is C49H55N7O8S2. The van der Waals surface area contributed by atoms with Crippen LogP contribution in [0.15, 0.2) is 94.7 Å². The van der Waals surface area contributed by atoms with Gasteiger partial charge < -0.3 is 25.5 Å². The molecule has 17 heteroatoms. The van der Waals surface area contributed by atoms with E-state index in [2.05, 4.69) is 25.8 Å². The largest absolute Gasteiger partial charge is 0.394 e. The summed E-state index contributed by atoms with van der Waals surface area (Å²) in [4.78, 5) is 70.7. The third-order valence-electron chi connectivity index (χ3n) is 13.6. The van der Waals surface area contributed by atoms with Crippen molar-refractivity contribution in [2.45, 2.75) is 73.4 Å². The Labute approximate surface area is 389 Å². The summed E-state index contributed by atoms with van der Waals surface area (Å²) in [5, 5.41) is 19.1. The summed E-state index contributed by atoms with van der Waals surface area (Å²) in [6.07, 6.45) is 2.83. The van der Waals surface area contributed by atoms with E-state index < -0.39 is 45.7 Å². The van der Waals surface area contributed by atoms with E-state index in [0.717, 1.165) is 95.6 Å². The number of benzene rings is 4. The van der Waals surface area contributed by atoms with Gasteiger partial charge in [-0.25, -0.2) is 8.42 Å². The van der Waals surface area contributed by atoms with Gasteiger partial charge in [-0.1, -0.05) is 42.0 Å². The number of aryl methyl sites for hydroxylation is 1. The third-order valence-corrected chi connectivity index (χ3v) is 16.6. The van der Waals surface area contributed by atoms with Crippen LogP contribution in [0.2, 0.25) is 0 Å². The molecule has 5 amide bonds. The highest BCUT2D eigenvalue weighted by atomic mass is 32.2. The van der Waals surface area contributed by atoms with Gasteiger partial charge in [0.05, 0.1) is 34.7 Å². The Balaban J connectivity index is 0.731. The number of aliphatic hydroxyl groups is 1. The lowest BCUT2D eigenvalue weighted by atomic mass is 9.82. The predicted molar refractivity (Wildman–Crippen MR) is 251 cm³/mol. The van der Waals surface area contributed by atoms with Crippen molar-refractivity contribution < 1.29 is 37.5 Å². The van der Waals surface area contributed by atoms with Crippen LogP contribution in [0.3, 0.4) is 0 Å². The fourth-order valence-electron chi connectivity index (χ4n) is 10.1. The molecule has 5 aliphatic rings. The van der Waals surface area contributed by atoms with E-state index in [1.807, 2.05) is 67.6 Å². The highest BCUT2D eigenvalue weighted by molar-refractivity contribution is 7.99. The molecule has 4 atom stereocenters. The van der Waals surface area contributed by atoms with E-state index in [-0.39, 0.29) is 42.2 Å². The molecule has 0 spiro atoms. The molecule has 0 radical (unpaired) electrons. The van der Waals surface area contributed by atoms with Crippen LogP contribution in [0, 0.1) is 12.8 Å². The average molecular weight is 934 g/mol. The number of rotatable bonds is 15. The molecular weight excluding hydrogens is 879 g/mol. The number of nitrogens with one attached hydrogen (secondary N) is 3. The van der Waals surface area contributed by atoms with Gasteiger partial charge in [0.15, 0.2) is 0 Å². The first-order chi connectivity index (χ1) is 31.9. The molecule has 4 aromatic rings. The molecule has 0 bridgehead atoms. The molecule has 66 heavy (non-hydrogen) atoms. The second kappa shape index (κ2) is 19.4. The minimum atomic E-state index is -3.80. The molecule has 0 saturated carbocycles. The lowest BCUT2D eigenvalue weighted by Crippen LogP contribution is -2.54. The summed E-state index contributed by atoms with van der Waals surface area (Å²) in [6.45, 7) is 7.55. The second-order valence-corrected chi connectivity index (χ2v) is 20.8. The van der Waals surface area contributed by atoms with E-state index in [1.165, 1.54) is 11.8 Å². The number of carbonyl (C=O) groups excluding carboxylic acids is 5. The summed E-state index contributed by atoms with van der Waals surface area (Å²) in [5.41, 5.74) is 5.78. The fraction of sp³-hybridized carbons (Fsp3) is 0.408. The third kappa shape index (κ3) is 9.29. The maximum atomic E-state index is 14.0. The van der Waals surface area contributed by atoms with Gasteiger partial charge in [-0.2, -0.15) is 4.31 Å². The van der Waals surface area contributed by atoms with Crippen molar-refractivity contribution in [3.05, 3.63) is 107 Å². The van der Waals surface area contributed by atoms with E-state index in [0.29, 0.717) is 36.2 Å². The van der Waals surface area contributed by atoms with Gasteiger partial charge in [0.25, 0.3) is 11.8 Å². The minimum Gasteiger partial charge on any atom is -0.394 e. The molecule has 9 rings (SSSR count). The Bertz CT molecular complexity index is 2650. The van der Waals surface area contributed by atoms with Gasteiger partial charge in [-0.3, -0.25) is 34.2 Å². The van der Waals surface area contributed by atoms with Gasteiger partial charge in [0.1, 0.15) is 6.04 Å². The van der Waals surface area contributed by atoms with Crippen molar-refractivity contribution in [1.82, 2.24) is 24.3 Å². The zero-order valence-electron chi connectivity index (χ0n) is 36.9. The normalized spacial score (nSPS) is 22.4. The SMILES string of the molecule is Cc1ccc(S(=O)(=O)N2CC[C@@H]3[C@H](CO)Nc4ccc(-c5cccc(NC(=O)CCCN6CCN(CCCSc7cccc8c7C(=O)N(C7CCC(=O)NC7=O)C8=O)CC6)c5)cc4[C@@H]32)cc1. The standard InChI is InChI=1S/C49H55N7O8S2/c1-31-11-14-35(15-12-31)66(63,64)55-22-19-36-40(30-57)51-39-16-13-33(29-38(39)46(36)55)32-6-2-7-34(28-32)50-43(58)10-4-20-53-23-25-54(26-24-53)21-5-27-65-42-9-3-8-37-45(42)49(62)56(48(37)61)41-17-18-44(59)52-47(41)60/h2-3,6-9,11-16,28-29,36,40-41,46,51,57H,4-5,10,17-27,30H2,1H3,(H,50,58)(H,52,59,60)/t36-,40+,41?,46-/m1/s1. The molecule has 3 saturated heterocycles. The summed E-state index contributed by atoms with van der Waals surface area (Å²) in [5.74, 6) is -1.40. The second-order valence-electron chi connectivity index (χ2n) is 17.8. The van der Waals surface area contributed by atoms with E-state index in [9.17, 15) is 37.5 Å². The first-order valence-electron chi connectivity index (χ1n) is 22.8. The van der Waals surface area contributed by atoms with Crippen LogP contribution in [0.5, 0.6) is 0 Å². The molecule has 0 aliphatic carbocycles. The first-order valence-corrected chi connectivity index (χ1v) is 25.2. The molecule has 3 fully saturated rings. The van der Waals surface area contributed by atoms with Crippen LogP contribution in [0.25, 0.3) is 11.1 Å². The Morgan fingerprint density at radius 1 is 0.833 bits per heavy atom. The molecule has 1 unspecified atom stereocenters. The molecule has 4 aromatic carbocycles. The van der Waals surface area contributed by atoms with E-state index >= 15 is 0 Å². The monoisotopic (exact) mass is 933 g/mol. The smallest absolute Gasteiger partial charge is 0.263 e. The van der Waals surface area contributed by atoms with Gasteiger partial charge in [-0.05, 0) is 117 Å². The van der Waals surface area contributed by atoms with Crippen LogP contribution in [-0.4, -0.2) is 132 Å². The topological polar surface area (TPSA) is 189 Å². The Morgan fingerprint density at radius 2 is 1.56 bits per heavy atom. The van der Waals surface area contributed by atoms with Crippen LogP contribution < -0.4 is 16.0 Å². The molecule has 0 aromatic heterocycles. The minimum absolute atomic E-state index is 0.0578. The number of piperidine rings is 1. The number of hydrogen-bond acceptors (Lipinski definition) is 12. The van der Waals surface area contributed by atoms with E-state index in [1.54, 1.807) is 28.6 Å². The van der Waals surface area contributed by atoms with Crippen molar-refractivity contribution in [1.29, 1.82) is 0 Å². The van der Waals surface area contributed by atoms with Gasteiger partial charge in [0, 0.05) is 67.8 Å². The number of piperazine rings is 1. The van der Waals surface area contributed by atoms with Crippen molar-refractivity contribution in [3.63, 3.8) is 0 Å². The number of anilines is 2. The Kier molecular flexibility index (Phi) is 13.5. The molecule has 346 valence electrons. The van der Waals surface area contributed by atoms with Crippen molar-refractivity contribution in [2.24, 2.45) is 5.92 Å². The zero-order valence-corrected chi connectivity index (χ0v) is 38.5. The quantitative estimate of drug-likeness (QED) is 0.0701. The number of carbonyl (C=O) groups is 5. The maximum absolute atomic E-state index is 14.0. The molecule has 5 heterocycles. The van der Waals surface area contributed by atoms with E-state index in [4.69, 9.17) is 0 Å². The van der Waals surface area contributed by atoms with Crippen molar-refractivity contribution in [2.75, 3.05) is 68.8 Å². The van der Waals surface area contributed by atoms with Gasteiger partial charge >= 0.3 is 0 Å². The van der Waals surface area contributed by atoms with Gasteiger partial charge in [-0.15, -0.1) is 11.8 Å². The first kappa shape index (κ1) is 45.7. The van der Waals surface area contributed by atoms with Gasteiger partial charge in [0.2, 0.25) is 27.7 Å². The van der Waals surface area contributed by atoms with Crippen molar-refractivity contribution >= 4 is 62.7 Å². The van der Waals surface area contributed by atoms with Crippen molar-refractivity contribution in [3.8, 4) is 11.1 Å². The number of aliphatic hydroxyl groups excluding tert-OH is 1. The number of thioether (sulfide) groups is 1. The number of amides is 5.